The molecule has 0 saturated carbocycles. The van der Waals surface area contributed by atoms with Gasteiger partial charge in [0.05, 0.1) is 12.3 Å². The summed E-state index contributed by atoms with van der Waals surface area (Å²) in [6.45, 7) is 4.79. The van der Waals surface area contributed by atoms with E-state index in [0.29, 0.717) is 24.6 Å². The Hall–Kier alpha value is -2.30. The molecule has 104 valence electrons. The average molecular weight is 271 g/mol. The summed E-state index contributed by atoms with van der Waals surface area (Å²) < 4.78 is 5.75. The van der Waals surface area contributed by atoms with Gasteiger partial charge in [-0.3, -0.25) is 9.89 Å². The lowest BCUT2D eigenvalue weighted by atomic mass is 9.97. The van der Waals surface area contributed by atoms with Crippen LogP contribution in [0.2, 0.25) is 0 Å². The van der Waals surface area contributed by atoms with E-state index in [1.165, 1.54) is 5.56 Å². The van der Waals surface area contributed by atoms with Gasteiger partial charge in [0.1, 0.15) is 11.4 Å². The lowest BCUT2D eigenvalue weighted by Crippen LogP contribution is -2.14. The van der Waals surface area contributed by atoms with Crippen LogP contribution in [0.4, 0.5) is 0 Å². The maximum absolute atomic E-state index is 11.4. The van der Waals surface area contributed by atoms with Gasteiger partial charge in [-0.05, 0) is 23.6 Å². The zero-order chi connectivity index (χ0) is 14.3. The highest BCUT2D eigenvalue weighted by atomic mass is 16.5. The summed E-state index contributed by atoms with van der Waals surface area (Å²) in [7, 11) is 0. The van der Waals surface area contributed by atoms with E-state index in [1.807, 2.05) is 6.07 Å². The minimum atomic E-state index is -0.484. The molecule has 1 amide bonds. The lowest BCUT2D eigenvalue weighted by molar-refractivity contribution is 0.0994. The molecule has 3 rings (SSSR count). The molecule has 2 heterocycles. The minimum absolute atomic E-state index is 0.381. The Labute approximate surface area is 117 Å². The molecule has 0 bridgehead atoms. The van der Waals surface area contributed by atoms with Crippen LogP contribution in [-0.2, 0) is 6.42 Å². The van der Waals surface area contributed by atoms with Crippen LogP contribution in [0.25, 0.3) is 11.3 Å². The molecule has 3 N–H and O–H groups in total. The van der Waals surface area contributed by atoms with Crippen LogP contribution in [0.5, 0.6) is 5.75 Å². The Kier molecular flexibility index (Phi) is 2.97. The van der Waals surface area contributed by atoms with Crippen LogP contribution in [0.1, 0.15) is 41.4 Å². The maximum Gasteiger partial charge on any atom is 0.267 e. The summed E-state index contributed by atoms with van der Waals surface area (Å²) in [5, 5.41) is 7.03. The van der Waals surface area contributed by atoms with Crippen molar-refractivity contribution >= 4 is 5.91 Å². The van der Waals surface area contributed by atoms with Gasteiger partial charge in [-0.1, -0.05) is 19.9 Å². The van der Waals surface area contributed by atoms with Gasteiger partial charge >= 0.3 is 0 Å². The van der Waals surface area contributed by atoms with E-state index in [4.69, 9.17) is 10.5 Å². The number of carbonyl (C=O) groups excluding carboxylic acids is 1. The molecule has 0 fully saturated rings. The van der Waals surface area contributed by atoms with Gasteiger partial charge in [0, 0.05) is 17.5 Å². The quantitative estimate of drug-likeness (QED) is 0.878. The number of aromatic amines is 1. The Morgan fingerprint density at radius 1 is 1.45 bits per heavy atom. The second-order valence-corrected chi connectivity index (χ2v) is 5.30. The Morgan fingerprint density at radius 2 is 2.25 bits per heavy atom. The monoisotopic (exact) mass is 271 g/mol. The molecule has 1 aliphatic heterocycles. The van der Waals surface area contributed by atoms with Crippen molar-refractivity contribution in [2.24, 2.45) is 5.73 Å². The molecule has 2 aromatic rings. The van der Waals surface area contributed by atoms with E-state index >= 15 is 0 Å². The molecule has 1 aliphatic rings. The molecule has 1 aromatic heterocycles. The number of fused-ring (bicyclic) bond motifs is 3. The number of hydrogen-bond donors (Lipinski definition) is 2. The molecule has 0 saturated heterocycles. The van der Waals surface area contributed by atoms with Gasteiger partial charge in [-0.25, -0.2) is 0 Å². The van der Waals surface area contributed by atoms with Crippen LogP contribution < -0.4 is 10.5 Å². The summed E-state index contributed by atoms with van der Waals surface area (Å²) in [5.41, 5.74) is 9.51. The Bertz CT molecular complexity index is 674. The van der Waals surface area contributed by atoms with Gasteiger partial charge < -0.3 is 10.5 Å². The molecule has 5 heteroatoms. The second kappa shape index (κ2) is 4.67. The van der Waals surface area contributed by atoms with Crippen molar-refractivity contribution in [2.45, 2.75) is 26.2 Å². The molecular weight excluding hydrogens is 254 g/mol. The number of amides is 1. The summed E-state index contributed by atoms with van der Waals surface area (Å²) in [6, 6.07) is 6.12. The second-order valence-electron chi connectivity index (χ2n) is 5.30. The first-order chi connectivity index (χ1) is 9.58. The molecule has 0 radical (unpaired) electrons. The normalized spacial score (nSPS) is 13.3. The van der Waals surface area contributed by atoms with E-state index < -0.39 is 5.91 Å². The van der Waals surface area contributed by atoms with E-state index in [2.05, 4.69) is 36.2 Å². The van der Waals surface area contributed by atoms with Crippen LogP contribution in [0.15, 0.2) is 18.2 Å². The molecule has 0 spiro atoms. The van der Waals surface area contributed by atoms with Gasteiger partial charge in [0.15, 0.2) is 0 Å². The number of rotatable bonds is 2. The van der Waals surface area contributed by atoms with Gasteiger partial charge in [0.25, 0.3) is 5.91 Å². The number of benzene rings is 1. The van der Waals surface area contributed by atoms with Crippen molar-refractivity contribution in [3.63, 3.8) is 0 Å². The molecule has 0 aliphatic carbocycles. The molecule has 20 heavy (non-hydrogen) atoms. The van der Waals surface area contributed by atoms with Crippen LogP contribution in [-0.4, -0.2) is 22.7 Å². The van der Waals surface area contributed by atoms with Crippen molar-refractivity contribution in [2.75, 3.05) is 6.61 Å². The Morgan fingerprint density at radius 3 is 2.95 bits per heavy atom. The molecule has 0 atom stereocenters. The largest absolute Gasteiger partial charge is 0.493 e. The standard InChI is InChI=1S/C15H17N3O2/c1-8(2)9-3-4-12-11(7-9)13-10(5-6-20-12)14(15(16)19)18-17-13/h3-4,7-8H,5-6H2,1-2H3,(H2,16,19)(H,17,18). The molecule has 0 unspecified atom stereocenters. The summed E-state index contributed by atoms with van der Waals surface area (Å²) in [4.78, 5) is 11.4. The fraction of sp³-hybridized carbons (Fsp3) is 0.333. The van der Waals surface area contributed by atoms with Crippen LogP contribution in [0.3, 0.4) is 0 Å². The third-order valence-electron chi connectivity index (χ3n) is 3.65. The number of nitrogens with one attached hydrogen (secondary N) is 1. The van der Waals surface area contributed by atoms with E-state index in [9.17, 15) is 4.79 Å². The summed E-state index contributed by atoms with van der Waals surface area (Å²) in [5.74, 6) is 0.736. The van der Waals surface area contributed by atoms with Crippen molar-refractivity contribution in [1.29, 1.82) is 0 Å². The number of primary amides is 1. The number of H-pyrrole nitrogens is 1. The predicted octanol–water partition coefficient (Wildman–Crippen LogP) is 2.23. The number of carbonyl (C=O) groups is 1. The molecular formula is C15H17N3O2. The van der Waals surface area contributed by atoms with Crippen molar-refractivity contribution in [3.05, 3.63) is 35.0 Å². The highest BCUT2D eigenvalue weighted by molar-refractivity contribution is 5.94. The summed E-state index contributed by atoms with van der Waals surface area (Å²) >= 11 is 0. The van der Waals surface area contributed by atoms with Gasteiger partial charge in [-0.2, -0.15) is 5.10 Å². The summed E-state index contributed by atoms with van der Waals surface area (Å²) in [6.07, 6.45) is 0.621. The topological polar surface area (TPSA) is 81.0 Å². The zero-order valence-corrected chi connectivity index (χ0v) is 11.6. The maximum atomic E-state index is 11.4. The van der Waals surface area contributed by atoms with Crippen LogP contribution >= 0.6 is 0 Å². The SMILES string of the molecule is CC(C)c1ccc2c(c1)-c1n[nH]c(C(N)=O)c1CCO2. The molecule has 1 aromatic carbocycles. The number of nitrogens with two attached hydrogens (primary N) is 1. The van der Waals surface area contributed by atoms with Gasteiger partial charge in [-0.15, -0.1) is 0 Å². The smallest absolute Gasteiger partial charge is 0.267 e. The average Bonchev–Trinajstić information content (AvgIpc) is 2.75. The molecule has 5 nitrogen and oxygen atoms in total. The van der Waals surface area contributed by atoms with Crippen molar-refractivity contribution in [3.8, 4) is 17.0 Å². The number of hydrogen-bond acceptors (Lipinski definition) is 3. The van der Waals surface area contributed by atoms with E-state index in [-0.39, 0.29) is 0 Å². The van der Waals surface area contributed by atoms with Crippen LogP contribution in [0, 0.1) is 0 Å². The number of aromatic nitrogens is 2. The van der Waals surface area contributed by atoms with Crippen molar-refractivity contribution < 1.29 is 9.53 Å². The van der Waals surface area contributed by atoms with Gasteiger partial charge in [0.2, 0.25) is 0 Å². The predicted molar refractivity (Wildman–Crippen MR) is 75.8 cm³/mol. The third kappa shape index (κ3) is 1.95. The zero-order valence-electron chi connectivity index (χ0n) is 11.6. The fourth-order valence-corrected chi connectivity index (χ4v) is 2.52. The third-order valence-corrected chi connectivity index (χ3v) is 3.65. The number of ether oxygens (including phenoxy) is 1. The first kappa shape index (κ1) is 12.7. The fourth-order valence-electron chi connectivity index (χ4n) is 2.52. The van der Waals surface area contributed by atoms with Crippen molar-refractivity contribution in [1.82, 2.24) is 10.2 Å². The van der Waals surface area contributed by atoms with E-state index in [1.54, 1.807) is 0 Å². The highest BCUT2D eigenvalue weighted by Crippen LogP contribution is 2.37. The Balaban J connectivity index is 2.20. The number of nitrogens with zero attached hydrogens (tertiary/aromatic N) is 1. The first-order valence-corrected chi connectivity index (χ1v) is 6.72. The minimum Gasteiger partial charge on any atom is -0.493 e. The first-order valence-electron chi connectivity index (χ1n) is 6.72. The van der Waals surface area contributed by atoms with E-state index in [0.717, 1.165) is 22.6 Å². The lowest BCUT2D eigenvalue weighted by Gasteiger charge is -2.11. The highest BCUT2D eigenvalue weighted by Gasteiger charge is 2.24.